The van der Waals surface area contributed by atoms with Crippen molar-refractivity contribution in [3.63, 3.8) is 0 Å². The first-order valence-corrected chi connectivity index (χ1v) is 5.60. The molecule has 0 spiro atoms. The number of nitrogens with two attached hydrogens (primary N) is 1. The van der Waals surface area contributed by atoms with Gasteiger partial charge in [0.1, 0.15) is 11.6 Å². The van der Waals surface area contributed by atoms with Crippen LogP contribution in [0.15, 0.2) is 18.2 Å². The van der Waals surface area contributed by atoms with E-state index in [0.29, 0.717) is 26.1 Å². The minimum atomic E-state index is -0.543. The number of hydrogen-bond acceptors (Lipinski definition) is 3. The van der Waals surface area contributed by atoms with E-state index in [0.717, 1.165) is 18.2 Å². The number of benzene rings is 1. The summed E-state index contributed by atoms with van der Waals surface area (Å²) in [6.07, 6.45) is 0.806. The van der Waals surface area contributed by atoms with Gasteiger partial charge in [0.15, 0.2) is 6.29 Å². The van der Waals surface area contributed by atoms with Gasteiger partial charge >= 0.3 is 0 Å². The topological polar surface area (TPSA) is 44.5 Å². The standard InChI is InChI=1S/C12H15F2NO2/c13-8-1-2-10(14)9(7-8)11(15)3-4-12-16-5-6-17-12/h1-2,7,11-12H,3-6,15H2/t11-/m1/s1. The number of hydrogen-bond donors (Lipinski definition) is 1. The fourth-order valence-corrected chi connectivity index (χ4v) is 1.84. The molecular weight excluding hydrogens is 228 g/mol. The van der Waals surface area contributed by atoms with Gasteiger partial charge in [0.25, 0.3) is 0 Å². The molecule has 1 aliphatic heterocycles. The van der Waals surface area contributed by atoms with Gasteiger partial charge in [-0.15, -0.1) is 0 Å². The average Bonchev–Trinajstić information content (AvgIpc) is 2.82. The molecule has 0 unspecified atom stereocenters. The van der Waals surface area contributed by atoms with Crippen molar-refractivity contribution in [3.05, 3.63) is 35.4 Å². The lowest BCUT2D eigenvalue weighted by Crippen LogP contribution is -2.16. The first-order chi connectivity index (χ1) is 8.16. The second-order valence-electron chi connectivity index (χ2n) is 4.02. The van der Waals surface area contributed by atoms with E-state index in [1.165, 1.54) is 0 Å². The third-order valence-electron chi connectivity index (χ3n) is 2.76. The van der Waals surface area contributed by atoms with Crippen LogP contribution < -0.4 is 5.73 Å². The van der Waals surface area contributed by atoms with Crippen molar-refractivity contribution < 1.29 is 18.3 Å². The Balaban J connectivity index is 1.93. The molecule has 94 valence electrons. The van der Waals surface area contributed by atoms with E-state index >= 15 is 0 Å². The summed E-state index contributed by atoms with van der Waals surface area (Å²) in [6.45, 7) is 1.16. The fourth-order valence-electron chi connectivity index (χ4n) is 1.84. The highest BCUT2D eigenvalue weighted by atomic mass is 19.1. The van der Waals surface area contributed by atoms with Gasteiger partial charge in [-0.25, -0.2) is 8.78 Å². The van der Waals surface area contributed by atoms with Gasteiger partial charge in [0.05, 0.1) is 13.2 Å². The molecule has 1 aliphatic rings. The van der Waals surface area contributed by atoms with Gasteiger partial charge in [-0.2, -0.15) is 0 Å². The maximum Gasteiger partial charge on any atom is 0.157 e. The zero-order chi connectivity index (χ0) is 12.3. The van der Waals surface area contributed by atoms with E-state index in [1.807, 2.05) is 0 Å². The van der Waals surface area contributed by atoms with Crippen LogP contribution in [-0.2, 0) is 9.47 Å². The van der Waals surface area contributed by atoms with Crippen molar-refractivity contribution in [2.45, 2.75) is 25.2 Å². The lowest BCUT2D eigenvalue weighted by molar-refractivity contribution is -0.0487. The molecule has 0 bridgehead atoms. The SMILES string of the molecule is N[C@H](CCC1OCCO1)c1cc(F)ccc1F. The molecule has 1 fully saturated rings. The van der Waals surface area contributed by atoms with E-state index in [9.17, 15) is 8.78 Å². The highest BCUT2D eigenvalue weighted by Gasteiger charge is 2.19. The van der Waals surface area contributed by atoms with Gasteiger partial charge < -0.3 is 15.2 Å². The molecule has 3 nitrogen and oxygen atoms in total. The summed E-state index contributed by atoms with van der Waals surface area (Å²) in [6, 6.07) is 2.76. The minimum Gasteiger partial charge on any atom is -0.350 e. The Hall–Kier alpha value is -1.04. The largest absolute Gasteiger partial charge is 0.350 e. The van der Waals surface area contributed by atoms with Crippen LogP contribution >= 0.6 is 0 Å². The molecule has 1 saturated heterocycles. The van der Waals surface area contributed by atoms with E-state index < -0.39 is 17.7 Å². The van der Waals surface area contributed by atoms with Crippen LogP contribution in [0.2, 0.25) is 0 Å². The predicted octanol–water partition coefficient (Wildman–Crippen LogP) is 2.12. The van der Waals surface area contributed by atoms with Crippen LogP contribution in [0.3, 0.4) is 0 Å². The highest BCUT2D eigenvalue weighted by Crippen LogP contribution is 2.22. The maximum atomic E-state index is 13.4. The maximum absolute atomic E-state index is 13.4. The summed E-state index contributed by atoms with van der Waals surface area (Å²) in [5, 5.41) is 0. The number of rotatable bonds is 4. The zero-order valence-electron chi connectivity index (χ0n) is 9.36. The van der Waals surface area contributed by atoms with Crippen molar-refractivity contribution in [2.24, 2.45) is 5.73 Å². The summed E-state index contributed by atoms with van der Waals surface area (Å²) >= 11 is 0. The molecular formula is C12H15F2NO2. The third-order valence-corrected chi connectivity index (χ3v) is 2.76. The van der Waals surface area contributed by atoms with Crippen LogP contribution in [0, 0.1) is 11.6 Å². The van der Waals surface area contributed by atoms with E-state index in [4.69, 9.17) is 15.2 Å². The van der Waals surface area contributed by atoms with E-state index in [2.05, 4.69) is 0 Å². The first kappa shape index (κ1) is 12.4. The van der Waals surface area contributed by atoms with Crippen LogP contribution in [0.4, 0.5) is 8.78 Å². The van der Waals surface area contributed by atoms with Gasteiger partial charge in [-0.3, -0.25) is 0 Å². The first-order valence-electron chi connectivity index (χ1n) is 5.60. The fraction of sp³-hybridized carbons (Fsp3) is 0.500. The van der Waals surface area contributed by atoms with Crippen LogP contribution in [0.5, 0.6) is 0 Å². The molecule has 1 heterocycles. The Morgan fingerprint density at radius 3 is 2.71 bits per heavy atom. The number of ether oxygens (including phenoxy) is 2. The summed E-state index contributed by atoms with van der Waals surface area (Å²) < 4.78 is 36.9. The lowest BCUT2D eigenvalue weighted by Gasteiger charge is -2.15. The molecule has 1 aromatic rings. The molecule has 0 aliphatic carbocycles. The van der Waals surface area contributed by atoms with Crippen molar-refractivity contribution in [2.75, 3.05) is 13.2 Å². The van der Waals surface area contributed by atoms with Crippen LogP contribution in [0.1, 0.15) is 24.4 Å². The molecule has 17 heavy (non-hydrogen) atoms. The van der Waals surface area contributed by atoms with Gasteiger partial charge in [0, 0.05) is 18.0 Å². The van der Waals surface area contributed by atoms with E-state index in [-0.39, 0.29) is 11.9 Å². The Morgan fingerprint density at radius 1 is 1.29 bits per heavy atom. The Morgan fingerprint density at radius 2 is 2.00 bits per heavy atom. The quantitative estimate of drug-likeness (QED) is 0.881. The molecule has 0 amide bonds. The molecule has 0 radical (unpaired) electrons. The lowest BCUT2D eigenvalue weighted by atomic mass is 10.0. The van der Waals surface area contributed by atoms with Gasteiger partial charge in [-0.05, 0) is 24.6 Å². The van der Waals surface area contributed by atoms with Crippen molar-refractivity contribution in [3.8, 4) is 0 Å². The molecule has 0 saturated carbocycles. The monoisotopic (exact) mass is 243 g/mol. The van der Waals surface area contributed by atoms with Gasteiger partial charge in [-0.1, -0.05) is 0 Å². The molecule has 2 N–H and O–H groups in total. The van der Waals surface area contributed by atoms with Crippen LogP contribution in [0.25, 0.3) is 0 Å². The van der Waals surface area contributed by atoms with Crippen molar-refractivity contribution in [1.29, 1.82) is 0 Å². The Labute approximate surface area is 98.5 Å². The van der Waals surface area contributed by atoms with Crippen LogP contribution in [-0.4, -0.2) is 19.5 Å². The number of halogens is 2. The van der Waals surface area contributed by atoms with Crippen molar-refractivity contribution in [1.82, 2.24) is 0 Å². The normalized spacial score (nSPS) is 18.5. The Bertz CT molecular complexity index is 381. The smallest absolute Gasteiger partial charge is 0.157 e. The average molecular weight is 243 g/mol. The summed E-state index contributed by atoms with van der Waals surface area (Å²) in [5.41, 5.74) is 6.02. The molecule has 2 rings (SSSR count). The second-order valence-corrected chi connectivity index (χ2v) is 4.02. The summed E-state index contributed by atoms with van der Waals surface area (Å²) in [4.78, 5) is 0. The molecule has 1 aromatic carbocycles. The summed E-state index contributed by atoms with van der Waals surface area (Å²) in [5.74, 6) is -0.961. The zero-order valence-corrected chi connectivity index (χ0v) is 9.36. The van der Waals surface area contributed by atoms with Crippen molar-refractivity contribution >= 4 is 0 Å². The highest BCUT2D eigenvalue weighted by molar-refractivity contribution is 5.21. The van der Waals surface area contributed by atoms with E-state index in [1.54, 1.807) is 0 Å². The molecule has 1 atom stereocenters. The Kier molecular flexibility index (Phi) is 4.04. The third kappa shape index (κ3) is 3.21. The van der Waals surface area contributed by atoms with Gasteiger partial charge in [0.2, 0.25) is 0 Å². The predicted molar refractivity (Wildman–Crippen MR) is 58.2 cm³/mol. The minimum absolute atomic E-state index is 0.197. The molecule has 0 aromatic heterocycles. The second kappa shape index (κ2) is 5.53. The summed E-state index contributed by atoms with van der Waals surface area (Å²) in [7, 11) is 0. The molecule has 5 heteroatoms.